The summed E-state index contributed by atoms with van der Waals surface area (Å²) in [5, 5.41) is 1.46. The van der Waals surface area contributed by atoms with Crippen LogP contribution in [0.4, 0.5) is 4.39 Å². The normalized spacial score (nSPS) is 12.2. The molecule has 0 N–H and O–H groups in total. The smallest absolute Gasteiger partial charge is 0.205 e. The van der Waals surface area contributed by atoms with Gasteiger partial charge in [0.15, 0.2) is 17.1 Å². The highest BCUT2D eigenvalue weighted by Gasteiger charge is 2.25. The van der Waals surface area contributed by atoms with Gasteiger partial charge >= 0.3 is 0 Å². The molecule has 0 aliphatic heterocycles. The van der Waals surface area contributed by atoms with Crippen LogP contribution >= 0.6 is 15.9 Å². The molecule has 6 heteroatoms. The molecule has 2 aromatic carbocycles. The number of carbonyl (C=O) groups excluding carboxylic acids is 1. The second-order valence-electron chi connectivity index (χ2n) is 7.01. The molecule has 0 aliphatic carbocycles. The van der Waals surface area contributed by atoms with Crippen molar-refractivity contribution < 1.29 is 23.1 Å². The van der Waals surface area contributed by atoms with Crippen molar-refractivity contribution in [3.63, 3.8) is 0 Å². The van der Waals surface area contributed by atoms with E-state index in [1.54, 1.807) is 18.4 Å². The molecule has 3 aromatic rings. The van der Waals surface area contributed by atoms with Crippen LogP contribution in [-0.4, -0.2) is 24.3 Å². The van der Waals surface area contributed by atoms with Gasteiger partial charge in [0.2, 0.25) is 5.75 Å². The standard InChI is InChI=1S/C23H24BrFO4/c1-14(17-4-6-18(25)7-5-17)8-11-28-23-21-19(9-12-27-21)15(2)20(16(3)26)22(23)29-13-10-24/h4-7,9,12,14H,8,10-11,13H2,1-3H3. The molecule has 29 heavy (non-hydrogen) atoms. The van der Waals surface area contributed by atoms with Crippen molar-refractivity contribution in [3.05, 3.63) is 59.1 Å². The Kier molecular flexibility index (Phi) is 6.96. The summed E-state index contributed by atoms with van der Waals surface area (Å²) in [4.78, 5) is 12.4. The minimum absolute atomic E-state index is 0.0836. The number of alkyl halides is 1. The fraction of sp³-hybridized carbons (Fsp3) is 0.348. The van der Waals surface area contributed by atoms with Crippen LogP contribution in [-0.2, 0) is 0 Å². The Morgan fingerprint density at radius 1 is 1.14 bits per heavy atom. The molecule has 1 aromatic heterocycles. The van der Waals surface area contributed by atoms with Gasteiger partial charge in [0.1, 0.15) is 5.82 Å². The van der Waals surface area contributed by atoms with Crippen molar-refractivity contribution in [1.82, 2.24) is 0 Å². The first-order chi connectivity index (χ1) is 13.9. The number of fused-ring (bicyclic) bond motifs is 1. The topological polar surface area (TPSA) is 48.7 Å². The second-order valence-corrected chi connectivity index (χ2v) is 7.80. The Balaban J connectivity index is 1.88. The summed E-state index contributed by atoms with van der Waals surface area (Å²) >= 11 is 3.36. The predicted molar refractivity (Wildman–Crippen MR) is 115 cm³/mol. The Labute approximate surface area is 178 Å². The third-order valence-electron chi connectivity index (χ3n) is 5.00. The van der Waals surface area contributed by atoms with E-state index in [9.17, 15) is 9.18 Å². The number of carbonyl (C=O) groups is 1. The quantitative estimate of drug-likeness (QED) is 0.271. The van der Waals surface area contributed by atoms with E-state index in [0.29, 0.717) is 41.2 Å². The summed E-state index contributed by atoms with van der Waals surface area (Å²) in [5.74, 6) is 0.730. The number of ketones is 1. The number of hydrogen-bond acceptors (Lipinski definition) is 4. The molecule has 0 amide bonds. The Bertz CT molecular complexity index is 994. The molecule has 0 radical (unpaired) electrons. The van der Waals surface area contributed by atoms with Gasteiger partial charge in [0.25, 0.3) is 0 Å². The maximum atomic E-state index is 13.1. The molecule has 0 aliphatic rings. The fourth-order valence-corrected chi connectivity index (χ4v) is 3.59. The lowest BCUT2D eigenvalue weighted by Crippen LogP contribution is -2.10. The minimum Gasteiger partial charge on any atom is -0.488 e. The molecule has 1 unspecified atom stereocenters. The van der Waals surface area contributed by atoms with Crippen LogP contribution < -0.4 is 9.47 Å². The Hall–Kier alpha value is -2.34. The lowest BCUT2D eigenvalue weighted by Gasteiger charge is -2.19. The van der Waals surface area contributed by atoms with Crippen molar-refractivity contribution in [2.45, 2.75) is 33.1 Å². The van der Waals surface area contributed by atoms with Crippen LogP contribution in [0.3, 0.4) is 0 Å². The zero-order valence-corrected chi connectivity index (χ0v) is 18.3. The monoisotopic (exact) mass is 462 g/mol. The highest BCUT2D eigenvalue weighted by Crippen LogP contribution is 2.43. The first kappa shape index (κ1) is 21.4. The summed E-state index contributed by atoms with van der Waals surface area (Å²) < 4.78 is 30.8. The maximum Gasteiger partial charge on any atom is 0.205 e. The van der Waals surface area contributed by atoms with Crippen LogP contribution in [0.1, 0.15) is 47.7 Å². The predicted octanol–water partition coefficient (Wildman–Crippen LogP) is 6.43. The summed E-state index contributed by atoms with van der Waals surface area (Å²) in [6.45, 7) is 6.27. The average molecular weight is 463 g/mol. The summed E-state index contributed by atoms with van der Waals surface area (Å²) in [6, 6.07) is 8.33. The zero-order chi connectivity index (χ0) is 21.0. The van der Waals surface area contributed by atoms with Gasteiger partial charge in [0, 0.05) is 10.7 Å². The fourth-order valence-electron chi connectivity index (χ4n) is 3.43. The van der Waals surface area contributed by atoms with Crippen molar-refractivity contribution in [1.29, 1.82) is 0 Å². The van der Waals surface area contributed by atoms with Crippen LogP contribution in [0, 0.1) is 12.7 Å². The van der Waals surface area contributed by atoms with E-state index >= 15 is 0 Å². The van der Waals surface area contributed by atoms with Crippen LogP contribution in [0.25, 0.3) is 11.0 Å². The third kappa shape index (κ3) is 4.64. The van der Waals surface area contributed by atoms with E-state index < -0.39 is 0 Å². The van der Waals surface area contributed by atoms with E-state index in [2.05, 4.69) is 22.9 Å². The lowest BCUT2D eigenvalue weighted by atomic mass is 9.98. The molecule has 1 heterocycles. The van der Waals surface area contributed by atoms with Gasteiger partial charge in [0.05, 0.1) is 25.0 Å². The first-order valence-electron chi connectivity index (χ1n) is 9.55. The molecule has 4 nitrogen and oxygen atoms in total. The van der Waals surface area contributed by atoms with Gasteiger partial charge in [-0.1, -0.05) is 35.0 Å². The SMILES string of the molecule is CC(=O)c1c(OCCBr)c(OCCC(C)c2ccc(F)cc2)c2occc2c1C. The molecule has 0 bridgehead atoms. The lowest BCUT2D eigenvalue weighted by molar-refractivity contribution is 0.101. The van der Waals surface area contributed by atoms with Crippen molar-refractivity contribution in [2.75, 3.05) is 18.5 Å². The number of furan rings is 1. The molecular formula is C23H24BrFO4. The number of benzene rings is 2. The molecule has 0 saturated heterocycles. The largest absolute Gasteiger partial charge is 0.488 e. The van der Waals surface area contributed by atoms with Gasteiger partial charge in [-0.2, -0.15) is 0 Å². The van der Waals surface area contributed by atoms with Crippen molar-refractivity contribution >= 4 is 32.7 Å². The van der Waals surface area contributed by atoms with Gasteiger partial charge in [-0.25, -0.2) is 4.39 Å². The van der Waals surface area contributed by atoms with Gasteiger partial charge in [-0.05, 0) is 55.5 Å². The Morgan fingerprint density at radius 3 is 2.48 bits per heavy atom. The number of rotatable bonds is 9. The average Bonchev–Trinajstić information content (AvgIpc) is 3.18. The van der Waals surface area contributed by atoms with E-state index in [1.807, 2.05) is 13.0 Å². The molecule has 0 spiro atoms. The number of hydrogen-bond donors (Lipinski definition) is 0. The molecule has 154 valence electrons. The zero-order valence-electron chi connectivity index (χ0n) is 16.8. The van der Waals surface area contributed by atoms with Crippen LogP contribution in [0.2, 0.25) is 0 Å². The van der Waals surface area contributed by atoms with Crippen LogP contribution in [0.5, 0.6) is 11.5 Å². The first-order valence-corrected chi connectivity index (χ1v) is 10.7. The summed E-state index contributed by atoms with van der Waals surface area (Å²) in [5.41, 5.74) is 2.95. The van der Waals surface area contributed by atoms with E-state index in [-0.39, 0.29) is 17.5 Å². The highest BCUT2D eigenvalue weighted by molar-refractivity contribution is 9.09. The number of ether oxygens (including phenoxy) is 2. The van der Waals surface area contributed by atoms with Gasteiger partial charge in [-0.15, -0.1) is 0 Å². The Morgan fingerprint density at radius 2 is 1.83 bits per heavy atom. The van der Waals surface area contributed by atoms with E-state index in [1.165, 1.54) is 19.1 Å². The number of halogens is 2. The van der Waals surface area contributed by atoms with Crippen LogP contribution in [0.15, 0.2) is 41.0 Å². The van der Waals surface area contributed by atoms with E-state index in [4.69, 9.17) is 13.9 Å². The summed E-state index contributed by atoms with van der Waals surface area (Å²) in [6.07, 6.45) is 2.30. The van der Waals surface area contributed by atoms with E-state index in [0.717, 1.165) is 22.9 Å². The highest BCUT2D eigenvalue weighted by atomic mass is 79.9. The van der Waals surface area contributed by atoms with Gasteiger partial charge < -0.3 is 13.9 Å². The molecule has 0 fully saturated rings. The third-order valence-corrected chi connectivity index (χ3v) is 5.32. The maximum absolute atomic E-state index is 13.1. The molecule has 1 atom stereocenters. The minimum atomic E-state index is -0.248. The van der Waals surface area contributed by atoms with Gasteiger partial charge in [-0.3, -0.25) is 4.79 Å². The second kappa shape index (κ2) is 9.44. The molecule has 0 saturated carbocycles. The summed E-state index contributed by atoms with van der Waals surface area (Å²) in [7, 11) is 0. The number of aryl methyl sites for hydroxylation is 1. The molecule has 3 rings (SSSR count). The number of Topliss-reactive ketones (excluding diaryl/α,β-unsaturated/α-hetero) is 1. The van der Waals surface area contributed by atoms with Crippen molar-refractivity contribution in [3.8, 4) is 11.5 Å². The van der Waals surface area contributed by atoms with Crippen molar-refractivity contribution in [2.24, 2.45) is 0 Å². The molecular weight excluding hydrogens is 439 g/mol.